The molecule has 0 fully saturated rings. The lowest BCUT2D eigenvalue weighted by Gasteiger charge is -2.06. The normalized spacial score (nSPS) is 11.6. The van der Waals surface area contributed by atoms with Crippen LogP contribution in [-0.4, -0.2) is 39.7 Å². The first kappa shape index (κ1) is 18.0. The largest absolute Gasteiger partial charge is 0.494 e. The van der Waals surface area contributed by atoms with E-state index in [2.05, 4.69) is 19.7 Å². The molecule has 0 aliphatic rings. The molecule has 0 spiro atoms. The molecule has 12 heteroatoms. The van der Waals surface area contributed by atoms with Crippen molar-refractivity contribution in [2.45, 2.75) is 4.90 Å². The van der Waals surface area contributed by atoms with Gasteiger partial charge in [-0.15, -0.1) is 0 Å². The number of nitrogens with one attached hydrogen (secondary N) is 3. The van der Waals surface area contributed by atoms with Gasteiger partial charge < -0.3 is 5.11 Å². The summed E-state index contributed by atoms with van der Waals surface area (Å²) in [5.41, 5.74) is -1.59. The third-order valence-electron chi connectivity index (χ3n) is 3.24. The molecule has 0 unspecified atom stereocenters. The molecular weight excluding hydrogens is 376 g/mol. The van der Waals surface area contributed by atoms with E-state index in [0.717, 1.165) is 6.21 Å². The monoisotopic (exact) mass is 388 g/mol. The number of aromatic hydroxyl groups is 1. The van der Waals surface area contributed by atoms with Gasteiger partial charge in [0, 0.05) is 18.6 Å². The number of anilines is 1. The highest BCUT2D eigenvalue weighted by atomic mass is 32.2. The molecule has 0 saturated heterocycles. The Bertz CT molecular complexity index is 1200. The van der Waals surface area contributed by atoms with Crippen molar-refractivity contribution < 1.29 is 13.5 Å². The van der Waals surface area contributed by atoms with Gasteiger partial charge in [0.25, 0.3) is 15.6 Å². The summed E-state index contributed by atoms with van der Waals surface area (Å²) in [6.07, 6.45) is 3.84. The van der Waals surface area contributed by atoms with Crippen LogP contribution in [0.4, 0.5) is 11.6 Å². The third-order valence-corrected chi connectivity index (χ3v) is 4.58. The van der Waals surface area contributed by atoms with Crippen LogP contribution in [0.3, 0.4) is 0 Å². The summed E-state index contributed by atoms with van der Waals surface area (Å²) in [7, 11) is -3.88. The van der Waals surface area contributed by atoms with Gasteiger partial charge in [-0.2, -0.15) is 0 Å². The van der Waals surface area contributed by atoms with Crippen LogP contribution in [0.5, 0.6) is 5.88 Å². The topological polar surface area (TPSA) is 170 Å². The minimum Gasteiger partial charge on any atom is -0.494 e. The fraction of sp³-hybridized carbons (Fsp3) is 0. The van der Waals surface area contributed by atoms with Crippen LogP contribution in [0.1, 0.15) is 5.56 Å². The quantitative estimate of drug-likeness (QED) is 0.449. The molecule has 3 rings (SSSR count). The Labute approximate surface area is 151 Å². The number of sulfonamides is 1. The molecule has 0 amide bonds. The van der Waals surface area contributed by atoms with E-state index >= 15 is 0 Å². The number of hydrogen-bond donors (Lipinski definition) is 4. The molecule has 1 aromatic carbocycles. The van der Waals surface area contributed by atoms with E-state index in [9.17, 15) is 23.1 Å². The number of aromatic amines is 2. The number of rotatable bonds is 5. The highest BCUT2D eigenvalue weighted by Crippen LogP contribution is 2.18. The first-order chi connectivity index (χ1) is 12.8. The fourth-order valence-corrected chi connectivity index (χ4v) is 2.94. The lowest BCUT2D eigenvalue weighted by molar-refractivity contribution is 0.447. The van der Waals surface area contributed by atoms with Crippen molar-refractivity contribution >= 4 is 27.9 Å². The predicted molar refractivity (Wildman–Crippen MR) is 95.9 cm³/mol. The van der Waals surface area contributed by atoms with Crippen LogP contribution in [0, 0.1) is 0 Å². The summed E-state index contributed by atoms with van der Waals surface area (Å²) in [5.74, 6) is -0.689. The lowest BCUT2D eigenvalue weighted by atomic mass is 10.3. The predicted octanol–water partition coefficient (Wildman–Crippen LogP) is 0.110. The van der Waals surface area contributed by atoms with Crippen molar-refractivity contribution in [1.29, 1.82) is 0 Å². The van der Waals surface area contributed by atoms with Crippen LogP contribution < -0.4 is 16.0 Å². The van der Waals surface area contributed by atoms with Gasteiger partial charge in [0.2, 0.25) is 11.8 Å². The maximum atomic E-state index is 12.3. The van der Waals surface area contributed by atoms with Gasteiger partial charge in [0.05, 0.1) is 10.6 Å². The Balaban J connectivity index is 1.82. The minimum absolute atomic E-state index is 0.0429. The molecule has 3 aromatic rings. The van der Waals surface area contributed by atoms with Crippen molar-refractivity contribution in [3.63, 3.8) is 0 Å². The number of nitrogens with zero attached hydrogens (tertiary/aromatic N) is 3. The Morgan fingerprint density at radius 2 is 1.74 bits per heavy atom. The van der Waals surface area contributed by atoms with E-state index < -0.39 is 27.2 Å². The second kappa shape index (κ2) is 7.21. The van der Waals surface area contributed by atoms with E-state index in [4.69, 9.17) is 0 Å². The molecule has 0 radical (unpaired) electrons. The summed E-state index contributed by atoms with van der Waals surface area (Å²) in [6.45, 7) is 0. The molecule has 138 valence electrons. The zero-order valence-electron chi connectivity index (χ0n) is 13.4. The molecule has 2 heterocycles. The van der Waals surface area contributed by atoms with Crippen molar-refractivity contribution in [1.82, 2.24) is 19.9 Å². The summed E-state index contributed by atoms with van der Waals surface area (Å²) in [5, 5.41) is 9.57. The van der Waals surface area contributed by atoms with Crippen molar-refractivity contribution in [3.05, 3.63) is 69.1 Å². The molecule has 0 aliphatic heterocycles. The van der Waals surface area contributed by atoms with E-state index in [1.54, 1.807) is 6.07 Å². The van der Waals surface area contributed by atoms with Gasteiger partial charge in [-0.05, 0) is 30.3 Å². The molecule has 0 aliphatic carbocycles. The van der Waals surface area contributed by atoms with Crippen molar-refractivity contribution in [3.8, 4) is 5.88 Å². The summed E-state index contributed by atoms with van der Waals surface area (Å²) >= 11 is 0. The Hall–Kier alpha value is -3.80. The third kappa shape index (κ3) is 4.24. The summed E-state index contributed by atoms with van der Waals surface area (Å²) in [6, 6.07) is 6.95. The molecule has 0 atom stereocenters. The fourth-order valence-electron chi connectivity index (χ4n) is 1.99. The molecule has 0 bridgehead atoms. The van der Waals surface area contributed by atoms with Crippen molar-refractivity contribution in [2.75, 3.05) is 4.72 Å². The van der Waals surface area contributed by atoms with E-state index in [1.165, 1.54) is 36.7 Å². The van der Waals surface area contributed by atoms with E-state index in [-0.39, 0.29) is 16.4 Å². The van der Waals surface area contributed by atoms with Gasteiger partial charge in [0.15, 0.2) is 0 Å². The number of aliphatic imine (C=N–C) groups is 1. The van der Waals surface area contributed by atoms with Crippen LogP contribution >= 0.6 is 0 Å². The lowest BCUT2D eigenvalue weighted by Crippen LogP contribution is -2.24. The average Bonchev–Trinajstić information content (AvgIpc) is 2.61. The van der Waals surface area contributed by atoms with Crippen LogP contribution in [0.25, 0.3) is 0 Å². The number of benzene rings is 1. The molecule has 27 heavy (non-hydrogen) atoms. The first-order valence-electron chi connectivity index (χ1n) is 7.35. The van der Waals surface area contributed by atoms with Gasteiger partial charge in [-0.25, -0.2) is 27.9 Å². The van der Waals surface area contributed by atoms with Gasteiger partial charge in [0.1, 0.15) is 5.56 Å². The molecule has 2 aromatic heterocycles. The van der Waals surface area contributed by atoms with Crippen LogP contribution in [0.2, 0.25) is 0 Å². The van der Waals surface area contributed by atoms with Gasteiger partial charge in [-0.1, -0.05) is 0 Å². The SMILES string of the molecule is O=c1[nH]c(O)c(C=Nc2ccc(S(=O)(=O)Nc3ncccn3)cc2)c(=O)[nH]1. The number of aromatic nitrogens is 4. The highest BCUT2D eigenvalue weighted by Gasteiger charge is 2.15. The molecule has 0 saturated carbocycles. The summed E-state index contributed by atoms with van der Waals surface area (Å²) < 4.78 is 26.8. The van der Waals surface area contributed by atoms with Gasteiger partial charge in [-0.3, -0.25) is 19.8 Å². The zero-order valence-corrected chi connectivity index (χ0v) is 14.3. The van der Waals surface area contributed by atoms with Crippen LogP contribution in [0.15, 0.2) is 62.2 Å². The Morgan fingerprint density at radius 3 is 2.37 bits per heavy atom. The minimum atomic E-state index is -3.88. The second-order valence-electron chi connectivity index (χ2n) is 5.10. The molecular formula is C15H12N6O5S. The summed E-state index contributed by atoms with van der Waals surface area (Å²) in [4.78, 5) is 38.1. The first-order valence-corrected chi connectivity index (χ1v) is 8.83. The highest BCUT2D eigenvalue weighted by molar-refractivity contribution is 7.92. The maximum absolute atomic E-state index is 12.3. The number of hydrogen-bond acceptors (Lipinski definition) is 8. The average molecular weight is 388 g/mol. The Kier molecular flexibility index (Phi) is 4.81. The zero-order chi connectivity index (χ0) is 19.4. The van der Waals surface area contributed by atoms with Crippen molar-refractivity contribution in [2.24, 2.45) is 4.99 Å². The van der Waals surface area contributed by atoms with E-state index in [0.29, 0.717) is 5.69 Å². The Morgan fingerprint density at radius 1 is 1.07 bits per heavy atom. The van der Waals surface area contributed by atoms with Crippen LogP contribution in [-0.2, 0) is 10.0 Å². The van der Waals surface area contributed by atoms with Gasteiger partial charge >= 0.3 is 5.69 Å². The smallest absolute Gasteiger partial charge is 0.328 e. The standard InChI is InChI=1S/C15H12N6O5S/c22-12-11(13(23)20-15(24)19-12)8-18-9-2-4-10(5-3-9)27(25,26)21-14-16-6-1-7-17-14/h1-8H,(H,16,17,21)(H3,19,20,22,23,24). The maximum Gasteiger partial charge on any atom is 0.328 e. The molecule has 11 nitrogen and oxygen atoms in total. The second-order valence-corrected chi connectivity index (χ2v) is 6.78. The molecule has 4 N–H and O–H groups in total. The van der Waals surface area contributed by atoms with E-state index in [1.807, 2.05) is 9.97 Å². The number of H-pyrrole nitrogens is 2.